The number of ether oxygens (including phenoxy) is 1. The molecule has 0 fully saturated rings. The lowest BCUT2D eigenvalue weighted by molar-refractivity contribution is 0.0940. The number of Topliss-reactive ketones (excluding diaryl/α,β-unsaturated/α-hetero) is 1. The van der Waals surface area contributed by atoms with Crippen LogP contribution in [-0.2, 0) is 0 Å². The molecule has 0 aromatic heterocycles. The van der Waals surface area contributed by atoms with E-state index in [0.717, 1.165) is 19.4 Å². The van der Waals surface area contributed by atoms with Crippen molar-refractivity contribution in [2.24, 2.45) is 5.92 Å². The highest BCUT2D eigenvalue weighted by Gasteiger charge is 2.18. The molecule has 1 atom stereocenters. The fourth-order valence-electron chi connectivity index (χ4n) is 2.16. The minimum absolute atomic E-state index is 0.0935. The van der Waals surface area contributed by atoms with Gasteiger partial charge in [-0.1, -0.05) is 20.8 Å². The van der Waals surface area contributed by atoms with Crippen molar-refractivity contribution >= 4 is 11.5 Å². The quantitative estimate of drug-likeness (QED) is 0.541. The van der Waals surface area contributed by atoms with Crippen molar-refractivity contribution in [2.45, 2.75) is 46.6 Å². The van der Waals surface area contributed by atoms with Crippen LogP contribution in [0.3, 0.4) is 0 Å². The highest BCUT2D eigenvalue weighted by atomic mass is 16.5. The Morgan fingerprint density at radius 3 is 2.57 bits per heavy atom. The monoisotopic (exact) mass is 292 g/mol. The Hall–Kier alpha value is -1.55. The highest BCUT2D eigenvalue weighted by molar-refractivity contribution is 6.01. The van der Waals surface area contributed by atoms with E-state index in [0.29, 0.717) is 29.5 Å². The fraction of sp³-hybridized carbons (Fsp3) is 0.588. The molecule has 1 unspecified atom stereocenters. The number of rotatable bonds is 9. The largest absolute Gasteiger partial charge is 0.492 e. The van der Waals surface area contributed by atoms with Crippen LogP contribution in [0.1, 0.15) is 50.9 Å². The van der Waals surface area contributed by atoms with Crippen molar-refractivity contribution in [2.75, 3.05) is 18.9 Å². The number of carbonyl (C=O) groups is 1. The Labute approximate surface area is 128 Å². The molecule has 1 aromatic carbocycles. The Bertz CT molecular complexity index is 458. The molecular formula is C17H28N2O2. The van der Waals surface area contributed by atoms with Crippen LogP contribution in [0.5, 0.6) is 5.75 Å². The second-order valence-electron chi connectivity index (χ2n) is 5.65. The van der Waals surface area contributed by atoms with Gasteiger partial charge in [0.1, 0.15) is 5.75 Å². The van der Waals surface area contributed by atoms with Crippen LogP contribution in [0.25, 0.3) is 0 Å². The van der Waals surface area contributed by atoms with Crippen LogP contribution in [0.15, 0.2) is 18.2 Å². The zero-order chi connectivity index (χ0) is 15.8. The molecule has 0 aliphatic carbocycles. The van der Waals surface area contributed by atoms with Gasteiger partial charge in [-0.3, -0.25) is 4.79 Å². The number of anilines is 1. The molecule has 0 radical (unpaired) electrons. The van der Waals surface area contributed by atoms with E-state index in [1.54, 1.807) is 18.2 Å². The Morgan fingerprint density at radius 1 is 1.33 bits per heavy atom. The molecule has 0 amide bonds. The second kappa shape index (κ2) is 8.67. The number of ketones is 1. The predicted octanol–water partition coefficient (Wildman–Crippen LogP) is 3.26. The van der Waals surface area contributed by atoms with Gasteiger partial charge in [0.25, 0.3) is 0 Å². The SMILES string of the molecule is CCOc1ccc(C(=O)C(CC)NCCC(C)C)cc1N. The standard InChI is InChI=1S/C17H28N2O2/c1-5-15(19-10-9-12(3)4)17(20)13-7-8-16(21-6-2)14(18)11-13/h7-8,11-12,15,19H,5-6,9-10,18H2,1-4H3. The van der Waals surface area contributed by atoms with Gasteiger partial charge in [-0.25, -0.2) is 0 Å². The van der Waals surface area contributed by atoms with Crippen LogP contribution in [0.2, 0.25) is 0 Å². The average Bonchev–Trinajstić information content (AvgIpc) is 2.45. The molecule has 4 nitrogen and oxygen atoms in total. The maximum absolute atomic E-state index is 12.5. The van der Waals surface area contributed by atoms with E-state index in [1.165, 1.54) is 0 Å². The first kappa shape index (κ1) is 17.5. The summed E-state index contributed by atoms with van der Waals surface area (Å²) in [5.41, 5.74) is 7.08. The Balaban J connectivity index is 2.73. The average molecular weight is 292 g/mol. The first-order chi connectivity index (χ1) is 9.99. The number of benzene rings is 1. The number of hydrogen-bond donors (Lipinski definition) is 2. The van der Waals surface area contributed by atoms with E-state index >= 15 is 0 Å². The highest BCUT2D eigenvalue weighted by Crippen LogP contribution is 2.23. The van der Waals surface area contributed by atoms with Gasteiger partial charge >= 0.3 is 0 Å². The third-order valence-corrected chi connectivity index (χ3v) is 3.43. The summed E-state index contributed by atoms with van der Waals surface area (Å²) in [6.07, 6.45) is 1.83. The summed E-state index contributed by atoms with van der Waals surface area (Å²) in [5, 5.41) is 3.34. The smallest absolute Gasteiger partial charge is 0.179 e. The van der Waals surface area contributed by atoms with Gasteiger partial charge in [-0.15, -0.1) is 0 Å². The number of hydrogen-bond acceptors (Lipinski definition) is 4. The number of nitrogens with two attached hydrogens (primary N) is 1. The van der Waals surface area contributed by atoms with Gasteiger partial charge in [0.05, 0.1) is 18.3 Å². The van der Waals surface area contributed by atoms with Gasteiger partial charge in [-0.2, -0.15) is 0 Å². The van der Waals surface area contributed by atoms with Crippen molar-refractivity contribution < 1.29 is 9.53 Å². The van der Waals surface area contributed by atoms with Crippen molar-refractivity contribution in [1.82, 2.24) is 5.32 Å². The minimum atomic E-state index is -0.152. The second-order valence-corrected chi connectivity index (χ2v) is 5.65. The molecule has 3 N–H and O–H groups in total. The van der Waals surface area contributed by atoms with E-state index in [4.69, 9.17) is 10.5 Å². The Morgan fingerprint density at radius 2 is 2.05 bits per heavy atom. The van der Waals surface area contributed by atoms with Crippen molar-refractivity contribution in [3.8, 4) is 5.75 Å². The van der Waals surface area contributed by atoms with Gasteiger partial charge in [0.15, 0.2) is 5.78 Å². The molecule has 0 aliphatic heterocycles. The van der Waals surface area contributed by atoms with Crippen molar-refractivity contribution in [3.05, 3.63) is 23.8 Å². The first-order valence-electron chi connectivity index (χ1n) is 7.79. The summed E-state index contributed by atoms with van der Waals surface area (Å²) in [7, 11) is 0. The molecule has 0 saturated heterocycles. The summed E-state index contributed by atoms with van der Waals surface area (Å²) < 4.78 is 5.40. The number of nitrogen functional groups attached to an aromatic ring is 1. The van der Waals surface area contributed by atoms with Gasteiger partial charge in [-0.05, 0) is 50.4 Å². The first-order valence-corrected chi connectivity index (χ1v) is 7.79. The zero-order valence-corrected chi connectivity index (χ0v) is 13.6. The lowest BCUT2D eigenvalue weighted by atomic mass is 10.0. The van der Waals surface area contributed by atoms with Gasteiger partial charge < -0.3 is 15.8 Å². The summed E-state index contributed by atoms with van der Waals surface area (Å²) in [6, 6.07) is 5.12. The topological polar surface area (TPSA) is 64.3 Å². The van der Waals surface area contributed by atoms with Gasteiger partial charge in [0, 0.05) is 5.56 Å². The minimum Gasteiger partial charge on any atom is -0.492 e. The third kappa shape index (κ3) is 5.38. The normalized spacial score (nSPS) is 12.4. The molecule has 1 rings (SSSR count). The maximum atomic E-state index is 12.5. The van der Waals surface area contributed by atoms with E-state index in [9.17, 15) is 4.79 Å². The lowest BCUT2D eigenvalue weighted by Crippen LogP contribution is -2.37. The number of carbonyl (C=O) groups excluding carboxylic acids is 1. The summed E-state index contributed by atoms with van der Waals surface area (Å²) in [6.45, 7) is 9.70. The molecule has 0 aliphatic rings. The summed E-state index contributed by atoms with van der Waals surface area (Å²) in [5.74, 6) is 1.36. The molecule has 0 bridgehead atoms. The van der Waals surface area contributed by atoms with E-state index in [-0.39, 0.29) is 11.8 Å². The lowest BCUT2D eigenvalue weighted by Gasteiger charge is -2.17. The number of nitrogens with one attached hydrogen (secondary N) is 1. The van der Waals surface area contributed by atoms with E-state index < -0.39 is 0 Å². The molecule has 4 heteroatoms. The van der Waals surface area contributed by atoms with Crippen LogP contribution in [0, 0.1) is 5.92 Å². The van der Waals surface area contributed by atoms with Crippen molar-refractivity contribution in [1.29, 1.82) is 0 Å². The van der Waals surface area contributed by atoms with Crippen LogP contribution in [-0.4, -0.2) is 25.0 Å². The molecular weight excluding hydrogens is 264 g/mol. The van der Waals surface area contributed by atoms with Gasteiger partial charge in [0.2, 0.25) is 0 Å². The molecule has 0 saturated carbocycles. The van der Waals surface area contributed by atoms with E-state index in [1.807, 2.05) is 13.8 Å². The van der Waals surface area contributed by atoms with Crippen molar-refractivity contribution in [3.63, 3.8) is 0 Å². The molecule has 118 valence electrons. The van der Waals surface area contributed by atoms with Crippen LogP contribution >= 0.6 is 0 Å². The molecule has 21 heavy (non-hydrogen) atoms. The summed E-state index contributed by atoms with van der Waals surface area (Å²) in [4.78, 5) is 12.5. The summed E-state index contributed by atoms with van der Waals surface area (Å²) >= 11 is 0. The van der Waals surface area contributed by atoms with Crippen LogP contribution in [0.4, 0.5) is 5.69 Å². The zero-order valence-electron chi connectivity index (χ0n) is 13.6. The fourth-order valence-corrected chi connectivity index (χ4v) is 2.16. The molecule has 1 aromatic rings. The molecule has 0 heterocycles. The Kier molecular flexibility index (Phi) is 7.23. The predicted molar refractivity (Wildman–Crippen MR) is 87.9 cm³/mol. The maximum Gasteiger partial charge on any atom is 0.179 e. The van der Waals surface area contributed by atoms with Crippen LogP contribution < -0.4 is 15.8 Å². The third-order valence-electron chi connectivity index (χ3n) is 3.43. The van der Waals surface area contributed by atoms with E-state index in [2.05, 4.69) is 19.2 Å². The molecule has 0 spiro atoms.